The highest BCUT2D eigenvalue weighted by Gasteiger charge is 2.32. The molecular weight excluding hydrogens is 258 g/mol. The van der Waals surface area contributed by atoms with Crippen LogP contribution in [0.5, 0.6) is 5.75 Å². The maximum Gasteiger partial charge on any atom is 0.124 e. The van der Waals surface area contributed by atoms with Crippen LogP contribution in [0.25, 0.3) is 10.8 Å². The molecule has 3 heteroatoms. The van der Waals surface area contributed by atoms with Crippen LogP contribution in [0.2, 0.25) is 0 Å². The van der Waals surface area contributed by atoms with Crippen LogP contribution in [0.3, 0.4) is 0 Å². The predicted octanol–water partition coefficient (Wildman–Crippen LogP) is 4.07. The van der Waals surface area contributed by atoms with Gasteiger partial charge >= 0.3 is 0 Å². The standard InChI is InChI=1S/C16H19NO.ClH/c1-2-18-14-10-9-11-5-3-4-6-13(11)15(14)16(17)12-7-8-12;/h3-6,9-10,12,16H,2,7-8,17H2,1H3;1H/t16-;/m0./s1. The van der Waals surface area contributed by atoms with Gasteiger partial charge in [-0.05, 0) is 42.5 Å². The van der Waals surface area contributed by atoms with E-state index < -0.39 is 0 Å². The van der Waals surface area contributed by atoms with Crippen LogP contribution in [0.1, 0.15) is 31.4 Å². The maximum absolute atomic E-state index is 6.42. The Labute approximate surface area is 120 Å². The summed E-state index contributed by atoms with van der Waals surface area (Å²) in [5.74, 6) is 1.59. The Morgan fingerprint density at radius 1 is 1.21 bits per heavy atom. The number of halogens is 1. The van der Waals surface area contributed by atoms with E-state index in [-0.39, 0.29) is 18.4 Å². The van der Waals surface area contributed by atoms with Gasteiger partial charge in [0, 0.05) is 11.6 Å². The minimum atomic E-state index is 0. The number of fused-ring (bicyclic) bond motifs is 1. The van der Waals surface area contributed by atoms with Crippen LogP contribution in [0.15, 0.2) is 36.4 Å². The van der Waals surface area contributed by atoms with Gasteiger partial charge in [-0.1, -0.05) is 30.3 Å². The monoisotopic (exact) mass is 277 g/mol. The van der Waals surface area contributed by atoms with E-state index in [4.69, 9.17) is 10.5 Å². The lowest BCUT2D eigenvalue weighted by Crippen LogP contribution is -2.14. The molecule has 0 aliphatic heterocycles. The van der Waals surface area contributed by atoms with Gasteiger partial charge in [0.2, 0.25) is 0 Å². The van der Waals surface area contributed by atoms with E-state index in [1.54, 1.807) is 0 Å². The molecule has 0 spiro atoms. The fourth-order valence-corrected chi connectivity index (χ4v) is 2.59. The molecule has 0 amide bonds. The van der Waals surface area contributed by atoms with Crippen molar-refractivity contribution in [2.75, 3.05) is 6.61 Å². The zero-order valence-corrected chi connectivity index (χ0v) is 12.0. The number of hydrogen-bond donors (Lipinski definition) is 1. The molecular formula is C16H20ClNO. The molecule has 2 nitrogen and oxygen atoms in total. The van der Waals surface area contributed by atoms with Crippen LogP contribution in [0, 0.1) is 5.92 Å². The molecule has 102 valence electrons. The Morgan fingerprint density at radius 2 is 1.95 bits per heavy atom. The highest BCUT2D eigenvalue weighted by Crippen LogP contribution is 2.44. The summed E-state index contributed by atoms with van der Waals surface area (Å²) in [5.41, 5.74) is 7.61. The number of hydrogen-bond acceptors (Lipinski definition) is 2. The van der Waals surface area contributed by atoms with E-state index in [1.807, 2.05) is 6.92 Å². The van der Waals surface area contributed by atoms with Crippen LogP contribution in [0.4, 0.5) is 0 Å². The molecule has 1 aliphatic rings. The molecule has 0 unspecified atom stereocenters. The summed E-state index contributed by atoms with van der Waals surface area (Å²) >= 11 is 0. The minimum absolute atomic E-state index is 0. The lowest BCUT2D eigenvalue weighted by molar-refractivity contribution is 0.333. The summed E-state index contributed by atoms with van der Waals surface area (Å²) in [6, 6.07) is 12.7. The van der Waals surface area contributed by atoms with Crippen molar-refractivity contribution in [1.29, 1.82) is 0 Å². The molecule has 1 aliphatic carbocycles. The summed E-state index contributed by atoms with van der Waals surface area (Å²) in [4.78, 5) is 0. The van der Waals surface area contributed by atoms with Crippen molar-refractivity contribution < 1.29 is 4.74 Å². The average Bonchev–Trinajstić information content (AvgIpc) is 3.22. The molecule has 1 fully saturated rings. The first-order valence-corrected chi connectivity index (χ1v) is 6.71. The number of nitrogens with two attached hydrogens (primary N) is 1. The zero-order valence-electron chi connectivity index (χ0n) is 11.1. The van der Waals surface area contributed by atoms with E-state index in [1.165, 1.54) is 29.2 Å². The predicted molar refractivity (Wildman–Crippen MR) is 82.0 cm³/mol. The molecule has 0 saturated heterocycles. The Balaban J connectivity index is 0.00000133. The maximum atomic E-state index is 6.42. The third kappa shape index (κ3) is 2.70. The summed E-state index contributed by atoms with van der Waals surface area (Å²) in [6.45, 7) is 2.70. The zero-order chi connectivity index (χ0) is 12.5. The van der Waals surface area contributed by atoms with Gasteiger partial charge in [0.1, 0.15) is 5.75 Å². The normalized spacial score (nSPS) is 15.9. The average molecular weight is 278 g/mol. The molecule has 0 aromatic heterocycles. The molecule has 2 N–H and O–H groups in total. The van der Waals surface area contributed by atoms with Crippen molar-refractivity contribution in [1.82, 2.24) is 0 Å². The van der Waals surface area contributed by atoms with E-state index in [2.05, 4.69) is 36.4 Å². The molecule has 1 saturated carbocycles. The highest BCUT2D eigenvalue weighted by molar-refractivity contribution is 5.88. The number of ether oxygens (including phenoxy) is 1. The van der Waals surface area contributed by atoms with Gasteiger partial charge in [-0.25, -0.2) is 0 Å². The van der Waals surface area contributed by atoms with Gasteiger partial charge < -0.3 is 10.5 Å². The van der Waals surface area contributed by atoms with Crippen LogP contribution in [-0.4, -0.2) is 6.61 Å². The summed E-state index contributed by atoms with van der Waals surface area (Å²) in [6.07, 6.45) is 2.49. The topological polar surface area (TPSA) is 35.2 Å². The fraction of sp³-hybridized carbons (Fsp3) is 0.375. The SMILES string of the molecule is CCOc1ccc2ccccc2c1[C@@H](N)C1CC1.Cl. The second kappa shape index (κ2) is 5.81. The number of benzene rings is 2. The summed E-state index contributed by atoms with van der Waals surface area (Å²) in [5, 5.41) is 2.48. The van der Waals surface area contributed by atoms with E-state index in [9.17, 15) is 0 Å². The van der Waals surface area contributed by atoms with Crippen LogP contribution < -0.4 is 10.5 Å². The summed E-state index contributed by atoms with van der Waals surface area (Å²) < 4.78 is 5.76. The van der Waals surface area contributed by atoms with Crippen LogP contribution in [-0.2, 0) is 0 Å². The molecule has 3 rings (SSSR count). The third-order valence-corrected chi connectivity index (χ3v) is 3.69. The minimum Gasteiger partial charge on any atom is -0.494 e. The van der Waals surface area contributed by atoms with Crippen molar-refractivity contribution >= 4 is 23.2 Å². The van der Waals surface area contributed by atoms with E-state index in [0.717, 1.165) is 5.75 Å². The van der Waals surface area contributed by atoms with Gasteiger partial charge in [-0.2, -0.15) is 0 Å². The lowest BCUT2D eigenvalue weighted by atomic mass is 9.95. The Kier molecular flexibility index (Phi) is 4.33. The van der Waals surface area contributed by atoms with E-state index >= 15 is 0 Å². The lowest BCUT2D eigenvalue weighted by Gasteiger charge is -2.18. The van der Waals surface area contributed by atoms with E-state index in [0.29, 0.717) is 12.5 Å². The molecule has 2 aromatic rings. The van der Waals surface area contributed by atoms with Gasteiger partial charge in [0.25, 0.3) is 0 Å². The first-order valence-electron chi connectivity index (χ1n) is 6.71. The highest BCUT2D eigenvalue weighted by atomic mass is 35.5. The number of rotatable bonds is 4. The fourth-order valence-electron chi connectivity index (χ4n) is 2.59. The Bertz CT molecular complexity index is 566. The largest absolute Gasteiger partial charge is 0.494 e. The molecule has 1 atom stereocenters. The molecule has 0 heterocycles. The smallest absolute Gasteiger partial charge is 0.124 e. The van der Waals surface area contributed by atoms with Crippen molar-refractivity contribution in [3.05, 3.63) is 42.0 Å². The Morgan fingerprint density at radius 3 is 2.63 bits per heavy atom. The van der Waals surface area contributed by atoms with Crippen molar-refractivity contribution in [2.45, 2.75) is 25.8 Å². The van der Waals surface area contributed by atoms with Crippen molar-refractivity contribution in [3.8, 4) is 5.75 Å². The summed E-state index contributed by atoms with van der Waals surface area (Å²) in [7, 11) is 0. The first-order chi connectivity index (χ1) is 8.81. The van der Waals surface area contributed by atoms with Crippen LogP contribution >= 0.6 is 12.4 Å². The van der Waals surface area contributed by atoms with Gasteiger partial charge in [0.05, 0.1) is 6.61 Å². The third-order valence-electron chi connectivity index (χ3n) is 3.69. The first kappa shape index (κ1) is 14.2. The molecule has 0 bridgehead atoms. The molecule has 2 aromatic carbocycles. The second-order valence-electron chi connectivity index (χ2n) is 4.99. The van der Waals surface area contributed by atoms with Crippen molar-refractivity contribution in [2.24, 2.45) is 11.7 Å². The van der Waals surface area contributed by atoms with Gasteiger partial charge in [0.15, 0.2) is 0 Å². The quantitative estimate of drug-likeness (QED) is 0.914. The Hall–Kier alpha value is -1.25. The molecule has 19 heavy (non-hydrogen) atoms. The van der Waals surface area contributed by atoms with Gasteiger partial charge in [-0.3, -0.25) is 0 Å². The molecule has 0 radical (unpaired) electrons. The second-order valence-corrected chi connectivity index (χ2v) is 4.99. The van der Waals surface area contributed by atoms with Crippen molar-refractivity contribution in [3.63, 3.8) is 0 Å². The van der Waals surface area contributed by atoms with Gasteiger partial charge in [-0.15, -0.1) is 12.4 Å².